The molecule has 1 N–H and O–H groups in total. The predicted octanol–water partition coefficient (Wildman–Crippen LogP) is 4.66. The molecule has 3 aromatic carbocycles. The number of nitrogens with one attached hydrogen (secondary N) is 1. The number of aryl methyl sites for hydroxylation is 1. The Kier molecular flexibility index (Phi) is 7.26. The van der Waals surface area contributed by atoms with E-state index in [1.165, 1.54) is 18.2 Å². The number of benzene rings is 3. The van der Waals surface area contributed by atoms with Crippen LogP contribution < -0.4 is 20.2 Å². The van der Waals surface area contributed by atoms with Gasteiger partial charge in [-0.25, -0.2) is 9.18 Å². The van der Waals surface area contributed by atoms with Gasteiger partial charge < -0.3 is 19.6 Å². The number of fused-ring (bicyclic) bond motifs is 3. The highest BCUT2D eigenvalue weighted by Crippen LogP contribution is 2.36. The summed E-state index contributed by atoms with van der Waals surface area (Å²) < 4.78 is 16.8. The molecule has 43 heavy (non-hydrogen) atoms. The molecular weight excluding hydrogens is 551 g/mol. The lowest BCUT2D eigenvalue weighted by Crippen LogP contribution is -2.48. The minimum Gasteiger partial charge on any atom is -0.345 e. The van der Waals surface area contributed by atoms with E-state index < -0.39 is 24.4 Å². The second-order valence-electron chi connectivity index (χ2n) is 10.3. The van der Waals surface area contributed by atoms with E-state index in [1.807, 2.05) is 55.6 Å². The lowest BCUT2D eigenvalue weighted by molar-refractivity contribution is -0.118. The SMILES string of the molecule is Cc1cc(C(=O)N2Cc3cccn3Cc3ccccc32)ccc1CNC(=O)ON1CC(=O)N(CC#N)c2cccc(F)c21. The van der Waals surface area contributed by atoms with Crippen LogP contribution in [0, 0.1) is 24.1 Å². The fraction of sp³-hybridized carbons (Fsp3) is 0.188. The molecule has 216 valence electrons. The predicted molar refractivity (Wildman–Crippen MR) is 157 cm³/mol. The van der Waals surface area contributed by atoms with E-state index in [2.05, 4.69) is 9.88 Å². The number of anilines is 3. The first kappa shape index (κ1) is 27.5. The van der Waals surface area contributed by atoms with E-state index in [9.17, 15) is 18.8 Å². The first-order chi connectivity index (χ1) is 20.8. The molecule has 0 radical (unpaired) electrons. The van der Waals surface area contributed by atoms with E-state index in [-0.39, 0.29) is 30.4 Å². The van der Waals surface area contributed by atoms with Crippen molar-refractivity contribution in [2.24, 2.45) is 0 Å². The van der Waals surface area contributed by atoms with Crippen molar-refractivity contribution in [3.05, 3.63) is 113 Å². The minimum atomic E-state index is -0.889. The molecule has 1 aromatic heterocycles. The quantitative estimate of drug-likeness (QED) is 0.345. The summed E-state index contributed by atoms with van der Waals surface area (Å²) in [5, 5.41) is 12.6. The van der Waals surface area contributed by atoms with E-state index in [4.69, 9.17) is 10.1 Å². The number of hydrogen-bond donors (Lipinski definition) is 1. The number of para-hydroxylation sites is 2. The van der Waals surface area contributed by atoms with Crippen LogP contribution in [0.15, 0.2) is 79.0 Å². The molecule has 0 saturated carbocycles. The Morgan fingerprint density at radius 1 is 1.00 bits per heavy atom. The summed E-state index contributed by atoms with van der Waals surface area (Å²) >= 11 is 0. The van der Waals surface area contributed by atoms with Crippen molar-refractivity contribution >= 4 is 35.0 Å². The summed E-state index contributed by atoms with van der Waals surface area (Å²) in [5.74, 6) is -1.34. The number of carbonyl (C=O) groups excluding carboxylic acids is 3. The molecule has 10 nitrogen and oxygen atoms in total. The Labute approximate surface area is 247 Å². The molecule has 0 unspecified atom stereocenters. The number of aromatic nitrogens is 1. The van der Waals surface area contributed by atoms with Crippen LogP contribution in [0.25, 0.3) is 0 Å². The van der Waals surface area contributed by atoms with Gasteiger partial charge in [0.25, 0.3) is 11.8 Å². The molecule has 2 aliphatic heterocycles. The number of nitrogens with zero attached hydrogens (tertiary/aromatic N) is 5. The molecule has 3 heterocycles. The van der Waals surface area contributed by atoms with E-state index >= 15 is 0 Å². The average molecular weight is 579 g/mol. The third-order valence-electron chi connectivity index (χ3n) is 7.63. The molecule has 0 aliphatic carbocycles. The van der Waals surface area contributed by atoms with Gasteiger partial charge in [-0.3, -0.25) is 14.5 Å². The lowest BCUT2D eigenvalue weighted by Gasteiger charge is -2.34. The van der Waals surface area contributed by atoms with Crippen molar-refractivity contribution in [1.29, 1.82) is 5.26 Å². The molecule has 2 aliphatic rings. The molecule has 4 aromatic rings. The Morgan fingerprint density at radius 2 is 1.81 bits per heavy atom. The zero-order chi connectivity index (χ0) is 30.1. The van der Waals surface area contributed by atoms with Gasteiger partial charge in [-0.1, -0.05) is 30.3 Å². The summed E-state index contributed by atoms with van der Waals surface area (Å²) in [6, 6.07) is 23.1. The average Bonchev–Trinajstić information content (AvgIpc) is 3.37. The molecule has 11 heteroatoms. The summed E-state index contributed by atoms with van der Waals surface area (Å²) in [7, 11) is 0. The van der Waals surface area contributed by atoms with Crippen LogP contribution in [-0.2, 0) is 29.3 Å². The van der Waals surface area contributed by atoms with Crippen LogP contribution in [0.2, 0.25) is 0 Å². The first-order valence-electron chi connectivity index (χ1n) is 13.7. The van der Waals surface area contributed by atoms with Gasteiger partial charge in [-0.05, 0) is 66.1 Å². The van der Waals surface area contributed by atoms with Gasteiger partial charge in [-0.15, -0.1) is 0 Å². The fourth-order valence-corrected chi connectivity index (χ4v) is 5.46. The van der Waals surface area contributed by atoms with Crippen LogP contribution in [-0.4, -0.2) is 35.6 Å². The summed E-state index contributed by atoms with van der Waals surface area (Å²) in [6.07, 6.45) is 1.12. The number of hydrogen-bond acceptors (Lipinski definition) is 6. The second-order valence-corrected chi connectivity index (χ2v) is 10.3. The molecule has 6 rings (SSSR count). The van der Waals surface area contributed by atoms with Crippen LogP contribution in [0.5, 0.6) is 0 Å². The standard InChI is InChI=1S/C32H27FN6O4/c1-21-16-22(31(41)38-19-25-7-5-14-36(25)18-24-6-2-3-9-27(24)38)11-12-23(21)17-35-32(42)43-39-20-29(40)37(15-13-34)28-10-4-8-26(33)30(28)39/h2-12,14,16H,15,17-20H2,1H3,(H,35,42). The van der Waals surface area contributed by atoms with Crippen LogP contribution >= 0.6 is 0 Å². The van der Waals surface area contributed by atoms with Crippen molar-refractivity contribution in [1.82, 2.24) is 9.88 Å². The first-order valence-corrected chi connectivity index (χ1v) is 13.7. The lowest BCUT2D eigenvalue weighted by atomic mass is 10.0. The Morgan fingerprint density at radius 3 is 2.63 bits per heavy atom. The van der Waals surface area contributed by atoms with Gasteiger partial charge in [-0.2, -0.15) is 10.3 Å². The number of rotatable bonds is 5. The number of halogens is 1. The maximum Gasteiger partial charge on any atom is 0.431 e. The van der Waals surface area contributed by atoms with E-state index in [1.54, 1.807) is 23.1 Å². The topological polar surface area (TPSA) is 111 Å². The molecule has 0 spiro atoms. The fourth-order valence-electron chi connectivity index (χ4n) is 5.46. The number of nitriles is 1. The molecule has 0 bridgehead atoms. The zero-order valence-corrected chi connectivity index (χ0v) is 23.3. The summed E-state index contributed by atoms with van der Waals surface area (Å²) in [5.41, 5.74) is 5.05. The van der Waals surface area contributed by atoms with E-state index in [0.29, 0.717) is 18.7 Å². The maximum atomic E-state index is 14.7. The number of amides is 3. The Hall–Kier alpha value is -5.63. The van der Waals surface area contributed by atoms with E-state index in [0.717, 1.165) is 38.0 Å². The van der Waals surface area contributed by atoms with Crippen molar-refractivity contribution in [2.75, 3.05) is 28.0 Å². The molecule has 3 amide bonds. The minimum absolute atomic E-state index is 0.0751. The highest BCUT2D eigenvalue weighted by molar-refractivity contribution is 6.06. The maximum absolute atomic E-state index is 14.7. The molecule has 0 fully saturated rings. The highest BCUT2D eigenvalue weighted by atomic mass is 19.1. The largest absolute Gasteiger partial charge is 0.431 e. The van der Waals surface area contributed by atoms with Crippen molar-refractivity contribution in [2.45, 2.75) is 26.6 Å². The molecule has 0 saturated heterocycles. The van der Waals surface area contributed by atoms with Gasteiger partial charge in [0.2, 0.25) is 0 Å². The van der Waals surface area contributed by atoms with Crippen LogP contribution in [0.3, 0.4) is 0 Å². The van der Waals surface area contributed by atoms with Crippen molar-refractivity contribution in [3.8, 4) is 6.07 Å². The van der Waals surface area contributed by atoms with Gasteiger partial charge in [0.15, 0.2) is 5.82 Å². The van der Waals surface area contributed by atoms with Gasteiger partial charge in [0.1, 0.15) is 18.8 Å². The number of hydroxylamine groups is 1. The Bertz CT molecular complexity index is 1790. The van der Waals surface area contributed by atoms with Gasteiger partial charge in [0.05, 0.1) is 18.3 Å². The Balaban J connectivity index is 1.15. The van der Waals surface area contributed by atoms with Crippen LogP contribution in [0.4, 0.5) is 26.2 Å². The van der Waals surface area contributed by atoms with Crippen molar-refractivity contribution in [3.63, 3.8) is 0 Å². The summed E-state index contributed by atoms with van der Waals surface area (Å²) in [6.45, 7) is 2.34. The number of carbonyl (C=O) groups is 3. The third kappa shape index (κ3) is 5.26. The normalized spacial score (nSPS) is 13.8. The van der Waals surface area contributed by atoms with Crippen molar-refractivity contribution < 1.29 is 23.6 Å². The second kappa shape index (κ2) is 11.3. The monoisotopic (exact) mass is 578 g/mol. The van der Waals surface area contributed by atoms with Crippen LogP contribution in [0.1, 0.15) is 32.7 Å². The molecular formula is C32H27FN6O4. The van der Waals surface area contributed by atoms with Gasteiger partial charge in [0, 0.05) is 36.2 Å². The zero-order valence-electron chi connectivity index (χ0n) is 23.3. The van der Waals surface area contributed by atoms with Gasteiger partial charge >= 0.3 is 6.09 Å². The highest BCUT2D eigenvalue weighted by Gasteiger charge is 2.34. The summed E-state index contributed by atoms with van der Waals surface area (Å²) in [4.78, 5) is 47.3. The molecule has 0 atom stereocenters. The smallest absolute Gasteiger partial charge is 0.345 e. The third-order valence-corrected chi connectivity index (χ3v) is 7.63.